The Labute approximate surface area is 70.9 Å². The molecule has 0 atom stereocenters. The molecule has 66 valence electrons. The van der Waals surface area contributed by atoms with E-state index in [0.717, 1.165) is 0 Å². The molecule has 0 aromatic rings. The van der Waals surface area contributed by atoms with E-state index < -0.39 is 11.9 Å². The molecule has 0 unspecified atom stereocenters. The molecule has 0 aliphatic heterocycles. The molecule has 4 heteroatoms. The number of carbonyl (C=O) groups excluding carboxylic acids is 2. The van der Waals surface area contributed by atoms with Crippen molar-refractivity contribution in [2.24, 2.45) is 0 Å². The van der Waals surface area contributed by atoms with Gasteiger partial charge in [-0.3, -0.25) is 4.79 Å². The van der Waals surface area contributed by atoms with Crippen LogP contribution in [0.1, 0.15) is 13.3 Å². The topological polar surface area (TPSA) is 55.4 Å². The number of hydroxylamine groups is 1. The first-order valence-electron chi connectivity index (χ1n) is 3.34. The van der Waals surface area contributed by atoms with Gasteiger partial charge in [-0.1, -0.05) is 12.7 Å². The van der Waals surface area contributed by atoms with Gasteiger partial charge >= 0.3 is 5.97 Å². The summed E-state index contributed by atoms with van der Waals surface area (Å²) in [5.41, 5.74) is 2.17. The van der Waals surface area contributed by atoms with Gasteiger partial charge in [-0.25, -0.2) is 4.79 Å². The quantitative estimate of drug-likeness (QED) is 0.384. The van der Waals surface area contributed by atoms with Crippen LogP contribution in [0.3, 0.4) is 0 Å². The fourth-order valence-corrected chi connectivity index (χ4v) is 0.363. The summed E-state index contributed by atoms with van der Waals surface area (Å²) < 4.78 is 0. The number of carbonyl (C=O) groups is 2. The smallest absolute Gasteiger partial charge is 0.336 e. The second-order valence-corrected chi connectivity index (χ2v) is 2.19. The highest BCUT2D eigenvalue weighted by atomic mass is 16.7. The van der Waals surface area contributed by atoms with E-state index in [1.165, 1.54) is 13.0 Å². The second kappa shape index (κ2) is 5.12. The van der Waals surface area contributed by atoms with E-state index >= 15 is 0 Å². The number of amides is 1. The summed E-state index contributed by atoms with van der Waals surface area (Å²) in [6.45, 7) is 8.17. The third-order valence-electron chi connectivity index (χ3n) is 0.936. The van der Waals surface area contributed by atoms with Gasteiger partial charge in [0.1, 0.15) is 0 Å². The average molecular weight is 169 g/mol. The molecule has 4 nitrogen and oxygen atoms in total. The maximum Gasteiger partial charge on any atom is 0.358 e. The van der Waals surface area contributed by atoms with E-state index in [9.17, 15) is 9.59 Å². The Balaban J connectivity index is 3.68. The van der Waals surface area contributed by atoms with Crippen LogP contribution in [-0.2, 0) is 14.4 Å². The number of rotatable bonds is 3. The fraction of sp³-hybridized carbons (Fsp3) is 0.250. The van der Waals surface area contributed by atoms with Gasteiger partial charge < -0.3 is 4.84 Å². The van der Waals surface area contributed by atoms with Gasteiger partial charge in [-0.2, -0.15) is 5.48 Å². The van der Waals surface area contributed by atoms with E-state index in [1.54, 1.807) is 0 Å². The van der Waals surface area contributed by atoms with E-state index in [0.29, 0.717) is 0 Å². The van der Waals surface area contributed by atoms with E-state index in [1.807, 2.05) is 5.48 Å². The number of hydrogen-bond donors (Lipinski definition) is 1. The molecule has 0 aromatic carbocycles. The molecule has 0 saturated heterocycles. The van der Waals surface area contributed by atoms with Crippen molar-refractivity contribution >= 4 is 11.9 Å². The van der Waals surface area contributed by atoms with Crippen LogP contribution in [0.25, 0.3) is 0 Å². The zero-order chi connectivity index (χ0) is 9.56. The molecule has 1 amide bonds. The monoisotopic (exact) mass is 169 g/mol. The van der Waals surface area contributed by atoms with Gasteiger partial charge in [0, 0.05) is 12.0 Å². The van der Waals surface area contributed by atoms with Crippen molar-refractivity contribution in [2.75, 3.05) is 0 Å². The molecule has 0 aliphatic carbocycles. The highest BCUT2D eigenvalue weighted by Crippen LogP contribution is 1.89. The number of nitrogens with one attached hydrogen (secondary N) is 1. The third-order valence-corrected chi connectivity index (χ3v) is 0.936. The Morgan fingerprint density at radius 1 is 1.58 bits per heavy atom. The van der Waals surface area contributed by atoms with Crippen molar-refractivity contribution in [2.45, 2.75) is 13.3 Å². The molecule has 0 fully saturated rings. The summed E-state index contributed by atoms with van der Waals surface area (Å²) in [5, 5.41) is 0. The maximum absolute atomic E-state index is 10.7. The molecule has 0 radical (unpaired) electrons. The van der Waals surface area contributed by atoms with Crippen LogP contribution in [0, 0.1) is 0 Å². The lowest BCUT2D eigenvalue weighted by molar-refractivity contribution is -0.154. The second-order valence-electron chi connectivity index (χ2n) is 2.19. The average Bonchev–Trinajstić information content (AvgIpc) is 2.00. The summed E-state index contributed by atoms with van der Waals surface area (Å²) in [4.78, 5) is 25.7. The molecule has 1 N–H and O–H groups in total. The Kier molecular flexibility index (Phi) is 4.45. The highest BCUT2D eigenvalue weighted by Gasteiger charge is 2.04. The van der Waals surface area contributed by atoms with Crippen molar-refractivity contribution in [1.29, 1.82) is 0 Å². The van der Waals surface area contributed by atoms with Crippen molar-refractivity contribution in [3.8, 4) is 0 Å². The number of hydrogen-bond acceptors (Lipinski definition) is 3. The molecule has 0 bridgehead atoms. The van der Waals surface area contributed by atoms with Gasteiger partial charge in [0.15, 0.2) is 0 Å². The third kappa shape index (κ3) is 4.27. The first-order chi connectivity index (χ1) is 5.57. The Bertz CT molecular complexity index is 220. The minimum atomic E-state index is -0.646. The largest absolute Gasteiger partial charge is 0.358 e. The van der Waals surface area contributed by atoms with Crippen LogP contribution in [0.5, 0.6) is 0 Å². The first kappa shape index (κ1) is 10.4. The van der Waals surface area contributed by atoms with Crippen LogP contribution >= 0.6 is 0 Å². The molecular formula is C8H11NO3. The van der Waals surface area contributed by atoms with Crippen molar-refractivity contribution in [3.63, 3.8) is 0 Å². The molecule has 0 saturated carbocycles. The zero-order valence-electron chi connectivity index (χ0n) is 6.92. The van der Waals surface area contributed by atoms with Gasteiger partial charge in [0.2, 0.25) is 0 Å². The normalized spacial score (nSPS) is 8.42. The summed E-state index contributed by atoms with van der Waals surface area (Å²) in [6.07, 6.45) is 1.52. The maximum atomic E-state index is 10.7. The van der Waals surface area contributed by atoms with Crippen LogP contribution in [-0.4, -0.2) is 11.9 Å². The SMILES string of the molecule is C=CCC(=O)NOC(=O)C(=C)C. The first-order valence-corrected chi connectivity index (χ1v) is 3.34. The van der Waals surface area contributed by atoms with E-state index in [2.05, 4.69) is 18.0 Å². The van der Waals surface area contributed by atoms with Gasteiger partial charge in [-0.05, 0) is 6.92 Å². The molecule has 0 spiro atoms. The summed E-state index contributed by atoms with van der Waals surface area (Å²) in [6, 6.07) is 0. The molecular weight excluding hydrogens is 158 g/mol. The Morgan fingerprint density at radius 2 is 2.17 bits per heavy atom. The van der Waals surface area contributed by atoms with E-state index in [4.69, 9.17) is 0 Å². The molecule has 0 aliphatic rings. The molecule has 0 heterocycles. The summed E-state index contributed by atoms with van der Waals surface area (Å²) >= 11 is 0. The van der Waals surface area contributed by atoms with Gasteiger partial charge in [0.25, 0.3) is 5.91 Å². The van der Waals surface area contributed by atoms with Crippen LogP contribution in [0.4, 0.5) is 0 Å². The zero-order valence-corrected chi connectivity index (χ0v) is 6.92. The molecule has 0 rings (SSSR count). The molecule has 0 aromatic heterocycles. The van der Waals surface area contributed by atoms with Crippen LogP contribution < -0.4 is 5.48 Å². The molecule has 12 heavy (non-hydrogen) atoms. The lowest BCUT2D eigenvalue weighted by atomic mass is 10.4. The van der Waals surface area contributed by atoms with Crippen molar-refractivity contribution in [1.82, 2.24) is 5.48 Å². The van der Waals surface area contributed by atoms with E-state index in [-0.39, 0.29) is 12.0 Å². The Morgan fingerprint density at radius 3 is 2.58 bits per heavy atom. The Hall–Kier alpha value is -1.58. The minimum Gasteiger partial charge on any atom is -0.336 e. The standard InChI is InChI=1S/C8H11NO3/c1-4-5-7(10)9-12-8(11)6(2)3/h4H,1-2,5H2,3H3,(H,9,10). The summed E-state index contributed by atoms with van der Waals surface area (Å²) in [7, 11) is 0. The lowest BCUT2D eigenvalue weighted by Crippen LogP contribution is -2.26. The fourth-order valence-electron chi connectivity index (χ4n) is 0.363. The van der Waals surface area contributed by atoms with Crippen LogP contribution in [0.2, 0.25) is 0 Å². The highest BCUT2D eigenvalue weighted by molar-refractivity contribution is 5.88. The summed E-state index contributed by atoms with van der Waals surface area (Å²) in [5.74, 6) is -1.06. The van der Waals surface area contributed by atoms with Gasteiger partial charge in [-0.15, -0.1) is 6.58 Å². The van der Waals surface area contributed by atoms with Crippen LogP contribution in [0.15, 0.2) is 24.8 Å². The predicted octanol–water partition coefficient (Wildman–Crippen LogP) is 0.713. The predicted molar refractivity (Wildman–Crippen MR) is 43.9 cm³/mol. The minimum absolute atomic E-state index is 0.115. The van der Waals surface area contributed by atoms with Crippen molar-refractivity contribution in [3.05, 3.63) is 24.8 Å². The van der Waals surface area contributed by atoms with Gasteiger partial charge in [0.05, 0.1) is 0 Å². The lowest BCUT2D eigenvalue weighted by Gasteiger charge is -2.02. The van der Waals surface area contributed by atoms with Crippen molar-refractivity contribution < 1.29 is 14.4 Å².